The lowest BCUT2D eigenvalue weighted by atomic mass is 10.1. The molecule has 0 spiro atoms. The van der Waals surface area contributed by atoms with Crippen molar-refractivity contribution in [1.82, 2.24) is 14.5 Å². The van der Waals surface area contributed by atoms with Gasteiger partial charge in [-0.15, -0.1) is 0 Å². The van der Waals surface area contributed by atoms with Crippen molar-refractivity contribution >= 4 is 5.82 Å². The van der Waals surface area contributed by atoms with Gasteiger partial charge in [0.2, 0.25) is 5.88 Å². The molecule has 1 aliphatic rings. The minimum Gasteiger partial charge on any atom is -0.473 e. The number of benzene rings is 1. The van der Waals surface area contributed by atoms with Crippen LogP contribution in [0.2, 0.25) is 0 Å². The second kappa shape index (κ2) is 6.35. The Morgan fingerprint density at radius 1 is 1.30 bits per heavy atom. The van der Waals surface area contributed by atoms with Crippen LogP contribution in [0.3, 0.4) is 0 Å². The fourth-order valence-corrected chi connectivity index (χ4v) is 2.86. The van der Waals surface area contributed by atoms with Crippen molar-refractivity contribution in [3.63, 3.8) is 0 Å². The van der Waals surface area contributed by atoms with Gasteiger partial charge in [0, 0.05) is 22.8 Å². The van der Waals surface area contributed by atoms with Gasteiger partial charge < -0.3 is 19.6 Å². The largest absolute Gasteiger partial charge is 0.473 e. The molecule has 2 aromatic heterocycles. The third-order valence-corrected chi connectivity index (χ3v) is 4.20. The van der Waals surface area contributed by atoms with Gasteiger partial charge in [-0.1, -0.05) is 12.1 Å². The normalized spacial score (nSPS) is 18.0. The smallest absolute Gasteiger partial charge is 0.415 e. The van der Waals surface area contributed by atoms with Gasteiger partial charge in [-0.3, -0.25) is 4.57 Å². The van der Waals surface area contributed by atoms with E-state index < -0.39 is 10.5 Å². The molecule has 3 heterocycles. The van der Waals surface area contributed by atoms with Crippen LogP contribution in [0.4, 0.5) is 10.2 Å². The molecule has 1 aliphatic heterocycles. The zero-order valence-corrected chi connectivity index (χ0v) is 14.3. The van der Waals surface area contributed by atoms with Gasteiger partial charge in [-0.25, -0.2) is 9.37 Å². The minimum absolute atomic E-state index is 0.201. The SMILES string of the molecule is CC1(COc2ccc(-c3ccc(F)cc3)cn2)Cn2cc([N+](=O)[O-])nc2O1. The predicted molar refractivity (Wildman–Crippen MR) is 93.0 cm³/mol. The van der Waals surface area contributed by atoms with Crippen molar-refractivity contribution in [3.05, 3.63) is 64.7 Å². The molecule has 0 saturated heterocycles. The molecule has 0 amide bonds. The lowest BCUT2D eigenvalue weighted by molar-refractivity contribution is -0.389. The summed E-state index contributed by atoms with van der Waals surface area (Å²) in [6, 6.07) is 9.91. The first-order valence-corrected chi connectivity index (χ1v) is 8.17. The fourth-order valence-electron chi connectivity index (χ4n) is 2.86. The monoisotopic (exact) mass is 370 g/mol. The number of fused-ring (bicyclic) bond motifs is 1. The Morgan fingerprint density at radius 2 is 2.04 bits per heavy atom. The van der Waals surface area contributed by atoms with Crippen LogP contribution in [0, 0.1) is 15.9 Å². The van der Waals surface area contributed by atoms with Crippen LogP contribution < -0.4 is 9.47 Å². The summed E-state index contributed by atoms with van der Waals surface area (Å²) in [5.41, 5.74) is 1.00. The van der Waals surface area contributed by atoms with Crippen LogP contribution in [0.25, 0.3) is 11.1 Å². The van der Waals surface area contributed by atoms with E-state index in [-0.39, 0.29) is 24.3 Å². The highest BCUT2D eigenvalue weighted by atomic mass is 19.1. The molecule has 0 fully saturated rings. The molecule has 0 aliphatic carbocycles. The number of halogens is 1. The zero-order valence-electron chi connectivity index (χ0n) is 14.3. The maximum atomic E-state index is 13.0. The predicted octanol–water partition coefficient (Wildman–Crippen LogP) is 3.22. The first-order chi connectivity index (χ1) is 12.9. The van der Waals surface area contributed by atoms with E-state index in [1.54, 1.807) is 29.0 Å². The standard InChI is InChI=1S/C18H15FN4O4/c1-18(10-22-9-15(23(24)25)21-17(22)27-18)11-26-16-7-4-13(8-20-16)12-2-5-14(19)6-3-12/h2-9H,10-11H2,1H3. The van der Waals surface area contributed by atoms with Crippen molar-refractivity contribution in [2.75, 3.05) is 6.61 Å². The molecule has 138 valence electrons. The number of pyridine rings is 1. The zero-order chi connectivity index (χ0) is 19.0. The van der Waals surface area contributed by atoms with Crippen molar-refractivity contribution in [3.8, 4) is 23.0 Å². The summed E-state index contributed by atoms with van der Waals surface area (Å²) < 4.78 is 26.0. The number of hydrogen-bond donors (Lipinski definition) is 0. The van der Waals surface area contributed by atoms with E-state index in [9.17, 15) is 14.5 Å². The maximum Gasteiger partial charge on any atom is 0.415 e. The molecular weight excluding hydrogens is 355 g/mol. The molecule has 0 bridgehead atoms. The summed E-state index contributed by atoms with van der Waals surface area (Å²) in [5.74, 6) is -0.117. The molecule has 3 aromatic rings. The minimum atomic E-state index is -0.700. The Morgan fingerprint density at radius 3 is 2.67 bits per heavy atom. The number of rotatable bonds is 5. The Kier molecular flexibility index (Phi) is 3.98. The van der Waals surface area contributed by atoms with Gasteiger partial charge in [-0.2, -0.15) is 0 Å². The number of ether oxygens (including phenoxy) is 2. The average Bonchev–Trinajstić information content (AvgIpc) is 3.17. The molecule has 0 N–H and O–H groups in total. The first kappa shape index (κ1) is 17.0. The van der Waals surface area contributed by atoms with Crippen LogP contribution in [-0.4, -0.2) is 31.7 Å². The molecule has 1 atom stereocenters. The molecule has 27 heavy (non-hydrogen) atoms. The lowest BCUT2D eigenvalue weighted by Crippen LogP contribution is -2.38. The number of aromatic nitrogens is 3. The summed E-state index contributed by atoms with van der Waals surface area (Å²) in [4.78, 5) is 18.3. The number of imidazole rings is 1. The van der Waals surface area contributed by atoms with Crippen molar-refractivity contribution in [2.24, 2.45) is 0 Å². The number of hydrogen-bond acceptors (Lipinski definition) is 6. The van der Waals surface area contributed by atoms with E-state index in [1.165, 1.54) is 18.3 Å². The summed E-state index contributed by atoms with van der Waals surface area (Å²) in [7, 11) is 0. The summed E-state index contributed by atoms with van der Waals surface area (Å²) in [6.45, 7) is 2.42. The Hall–Kier alpha value is -3.49. The van der Waals surface area contributed by atoms with Crippen LogP contribution in [0.1, 0.15) is 6.92 Å². The van der Waals surface area contributed by atoms with Crippen molar-refractivity contribution in [1.29, 1.82) is 0 Å². The van der Waals surface area contributed by atoms with Crippen LogP contribution >= 0.6 is 0 Å². The highest BCUT2D eigenvalue weighted by Gasteiger charge is 2.41. The molecule has 9 heteroatoms. The third kappa shape index (κ3) is 3.43. The molecule has 1 unspecified atom stereocenters. The Bertz CT molecular complexity index is 962. The maximum absolute atomic E-state index is 13.0. The third-order valence-electron chi connectivity index (χ3n) is 4.20. The Balaban J connectivity index is 1.39. The summed E-state index contributed by atoms with van der Waals surface area (Å²) in [5, 5.41) is 10.7. The topological polar surface area (TPSA) is 92.3 Å². The fraction of sp³-hybridized carbons (Fsp3) is 0.222. The quantitative estimate of drug-likeness (QED) is 0.506. The number of nitrogens with zero attached hydrogens (tertiary/aromatic N) is 4. The van der Waals surface area contributed by atoms with Crippen LogP contribution in [0.15, 0.2) is 48.8 Å². The van der Waals surface area contributed by atoms with E-state index in [1.807, 2.05) is 13.0 Å². The van der Waals surface area contributed by atoms with E-state index in [0.29, 0.717) is 12.4 Å². The summed E-state index contributed by atoms with van der Waals surface area (Å²) >= 11 is 0. The van der Waals surface area contributed by atoms with Gasteiger partial charge in [-0.05, 0) is 35.6 Å². The second-order valence-corrected chi connectivity index (χ2v) is 6.50. The van der Waals surface area contributed by atoms with Crippen molar-refractivity contribution in [2.45, 2.75) is 19.1 Å². The van der Waals surface area contributed by atoms with Gasteiger partial charge >= 0.3 is 11.8 Å². The van der Waals surface area contributed by atoms with Crippen LogP contribution in [-0.2, 0) is 6.54 Å². The Labute approximate surface area is 153 Å². The van der Waals surface area contributed by atoms with Crippen molar-refractivity contribution < 1.29 is 18.8 Å². The molecule has 0 saturated carbocycles. The summed E-state index contributed by atoms with van der Waals surface area (Å²) in [6.07, 6.45) is 2.99. The molecule has 8 nitrogen and oxygen atoms in total. The van der Waals surface area contributed by atoms with E-state index in [4.69, 9.17) is 9.47 Å². The van der Waals surface area contributed by atoms with Gasteiger partial charge in [0.1, 0.15) is 18.6 Å². The van der Waals surface area contributed by atoms with Gasteiger partial charge in [0.15, 0.2) is 5.60 Å². The highest BCUT2D eigenvalue weighted by Crippen LogP contribution is 2.31. The van der Waals surface area contributed by atoms with E-state index in [2.05, 4.69) is 9.97 Å². The van der Waals surface area contributed by atoms with Crippen LogP contribution in [0.5, 0.6) is 11.9 Å². The number of nitro groups is 1. The van der Waals surface area contributed by atoms with Gasteiger partial charge in [0.05, 0.1) is 6.54 Å². The van der Waals surface area contributed by atoms with E-state index >= 15 is 0 Å². The second-order valence-electron chi connectivity index (χ2n) is 6.50. The average molecular weight is 370 g/mol. The van der Waals surface area contributed by atoms with Gasteiger partial charge in [0.25, 0.3) is 0 Å². The molecule has 4 rings (SSSR count). The molecule has 1 aromatic carbocycles. The lowest BCUT2D eigenvalue weighted by Gasteiger charge is -2.21. The molecular formula is C18H15FN4O4. The highest BCUT2D eigenvalue weighted by molar-refractivity contribution is 5.62. The molecule has 0 radical (unpaired) electrons. The van der Waals surface area contributed by atoms with E-state index in [0.717, 1.165) is 11.1 Å². The first-order valence-electron chi connectivity index (χ1n) is 8.17.